The van der Waals surface area contributed by atoms with E-state index in [1.54, 1.807) is 12.3 Å². The lowest BCUT2D eigenvalue weighted by Gasteiger charge is -2.07. The molecule has 7 heteroatoms. The fourth-order valence-corrected chi connectivity index (χ4v) is 1.55. The van der Waals surface area contributed by atoms with Gasteiger partial charge in [-0.3, -0.25) is 15.6 Å². The number of aromatic nitrogens is 2. The maximum absolute atomic E-state index is 12.0. The molecule has 2 aromatic heterocycles. The number of hydrazine groups is 1. The average Bonchev–Trinajstić information content (AvgIpc) is 2.92. The molecule has 4 N–H and O–H groups in total. The van der Waals surface area contributed by atoms with Crippen molar-refractivity contribution in [1.29, 1.82) is 0 Å². The van der Waals surface area contributed by atoms with Crippen LogP contribution in [0.25, 0.3) is 0 Å². The Kier molecular flexibility index (Phi) is 4.09. The highest BCUT2D eigenvalue weighted by Crippen LogP contribution is 2.11. The molecule has 0 aliphatic carbocycles. The van der Waals surface area contributed by atoms with Gasteiger partial charge in [0.05, 0.1) is 30.2 Å². The smallest absolute Gasteiger partial charge is 0.253 e. The fourth-order valence-electron chi connectivity index (χ4n) is 1.55. The van der Waals surface area contributed by atoms with Gasteiger partial charge in [-0.05, 0) is 6.07 Å². The number of carbonyl (C=O) groups is 1. The van der Waals surface area contributed by atoms with Crippen LogP contribution in [-0.2, 0) is 13.0 Å². The summed E-state index contributed by atoms with van der Waals surface area (Å²) in [4.78, 5) is 19.9. The van der Waals surface area contributed by atoms with Gasteiger partial charge in [-0.2, -0.15) is 0 Å². The number of rotatable bonds is 5. The van der Waals surface area contributed by atoms with Crippen LogP contribution in [0.1, 0.15) is 28.9 Å². The third kappa shape index (κ3) is 3.08. The predicted molar refractivity (Wildman–Crippen MR) is 69.1 cm³/mol. The lowest BCUT2D eigenvalue weighted by molar-refractivity contribution is 0.0947. The number of pyridine rings is 1. The van der Waals surface area contributed by atoms with Crippen molar-refractivity contribution in [2.75, 3.05) is 5.43 Å². The highest BCUT2D eigenvalue weighted by Gasteiger charge is 2.11. The molecule has 7 nitrogen and oxygen atoms in total. The van der Waals surface area contributed by atoms with Crippen molar-refractivity contribution < 1.29 is 9.21 Å². The zero-order valence-electron chi connectivity index (χ0n) is 10.5. The standard InChI is InChI=1S/C12H15N5O2/c1-2-8-5-15-11(19-8)7-16-12(18)9-3-4-14-6-10(9)17-13/h3-6,17H,2,7,13H2,1H3,(H,16,18). The van der Waals surface area contributed by atoms with Crippen molar-refractivity contribution in [3.63, 3.8) is 0 Å². The highest BCUT2D eigenvalue weighted by atomic mass is 16.4. The maximum atomic E-state index is 12.0. The average molecular weight is 261 g/mol. The lowest BCUT2D eigenvalue weighted by Crippen LogP contribution is -2.25. The molecule has 2 aromatic rings. The van der Waals surface area contributed by atoms with Crippen LogP contribution in [0.3, 0.4) is 0 Å². The van der Waals surface area contributed by atoms with E-state index in [4.69, 9.17) is 10.3 Å². The summed E-state index contributed by atoms with van der Waals surface area (Å²) in [6.45, 7) is 2.20. The Balaban J connectivity index is 2.01. The van der Waals surface area contributed by atoms with Crippen molar-refractivity contribution in [2.45, 2.75) is 19.9 Å². The van der Waals surface area contributed by atoms with Gasteiger partial charge in [0, 0.05) is 12.6 Å². The molecule has 2 rings (SSSR count). The summed E-state index contributed by atoms with van der Waals surface area (Å²) in [7, 11) is 0. The SMILES string of the molecule is CCc1cnc(CNC(=O)c2ccncc2NN)o1. The molecule has 0 saturated carbocycles. The molecule has 0 aromatic carbocycles. The number of nitrogens with one attached hydrogen (secondary N) is 2. The molecule has 2 heterocycles. The number of nitrogens with zero attached hydrogens (tertiary/aromatic N) is 2. The Morgan fingerprint density at radius 3 is 3.00 bits per heavy atom. The molecule has 100 valence electrons. The third-order valence-corrected chi connectivity index (χ3v) is 2.57. The van der Waals surface area contributed by atoms with E-state index < -0.39 is 0 Å². The second kappa shape index (κ2) is 5.96. The van der Waals surface area contributed by atoms with E-state index in [0.717, 1.165) is 12.2 Å². The van der Waals surface area contributed by atoms with Gasteiger partial charge in [0.25, 0.3) is 5.91 Å². The van der Waals surface area contributed by atoms with Crippen LogP contribution in [0.5, 0.6) is 0 Å². The van der Waals surface area contributed by atoms with E-state index in [0.29, 0.717) is 17.1 Å². The maximum Gasteiger partial charge on any atom is 0.253 e. The van der Waals surface area contributed by atoms with Crippen LogP contribution in [0, 0.1) is 0 Å². The molecule has 19 heavy (non-hydrogen) atoms. The molecule has 0 aliphatic heterocycles. The second-order valence-corrected chi connectivity index (χ2v) is 3.82. The Morgan fingerprint density at radius 1 is 1.47 bits per heavy atom. The summed E-state index contributed by atoms with van der Waals surface area (Å²) >= 11 is 0. The van der Waals surface area contributed by atoms with Gasteiger partial charge >= 0.3 is 0 Å². The van der Waals surface area contributed by atoms with Crippen molar-refractivity contribution in [2.24, 2.45) is 5.84 Å². The van der Waals surface area contributed by atoms with Crippen LogP contribution in [0.4, 0.5) is 5.69 Å². The first-order valence-corrected chi connectivity index (χ1v) is 5.87. The molecule has 0 fully saturated rings. The van der Waals surface area contributed by atoms with Crippen molar-refractivity contribution in [3.05, 3.63) is 41.9 Å². The van der Waals surface area contributed by atoms with E-state index in [-0.39, 0.29) is 12.5 Å². The molecule has 0 saturated heterocycles. The molecular weight excluding hydrogens is 246 g/mol. The molecular formula is C12H15N5O2. The van der Waals surface area contributed by atoms with Crippen LogP contribution >= 0.6 is 0 Å². The van der Waals surface area contributed by atoms with Gasteiger partial charge in [-0.15, -0.1) is 0 Å². The lowest BCUT2D eigenvalue weighted by atomic mass is 10.2. The summed E-state index contributed by atoms with van der Waals surface area (Å²) in [5, 5.41) is 2.71. The zero-order valence-corrected chi connectivity index (χ0v) is 10.5. The first-order valence-electron chi connectivity index (χ1n) is 5.87. The number of anilines is 1. The van der Waals surface area contributed by atoms with Gasteiger partial charge < -0.3 is 15.2 Å². The van der Waals surface area contributed by atoms with Crippen LogP contribution in [-0.4, -0.2) is 15.9 Å². The molecule has 0 aliphatic rings. The van der Waals surface area contributed by atoms with E-state index in [1.165, 1.54) is 12.4 Å². The van der Waals surface area contributed by atoms with E-state index in [2.05, 4.69) is 20.7 Å². The van der Waals surface area contributed by atoms with Gasteiger partial charge in [0.15, 0.2) is 0 Å². The monoisotopic (exact) mass is 261 g/mol. The number of amides is 1. The first kappa shape index (κ1) is 13.0. The number of nitrogen functional groups attached to an aromatic ring is 1. The summed E-state index contributed by atoms with van der Waals surface area (Å²) in [5.41, 5.74) is 3.30. The van der Waals surface area contributed by atoms with Crippen LogP contribution in [0.2, 0.25) is 0 Å². The fraction of sp³-hybridized carbons (Fsp3) is 0.250. The highest BCUT2D eigenvalue weighted by molar-refractivity contribution is 5.99. The Hall–Kier alpha value is -2.41. The van der Waals surface area contributed by atoms with Gasteiger partial charge in [0.2, 0.25) is 5.89 Å². The molecule has 0 radical (unpaired) electrons. The number of hydrogen-bond acceptors (Lipinski definition) is 6. The summed E-state index contributed by atoms with van der Waals surface area (Å²) in [5.74, 6) is 6.31. The topological polar surface area (TPSA) is 106 Å². The first-order chi connectivity index (χ1) is 9.24. The molecule has 0 bridgehead atoms. The van der Waals surface area contributed by atoms with Crippen molar-refractivity contribution in [3.8, 4) is 0 Å². The van der Waals surface area contributed by atoms with E-state index in [1.807, 2.05) is 6.92 Å². The van der Waals surface area contributed by atoms with Gasteiger partial charge in [-0.25, -0.2) is 4.98 Å². The Bertz CT molecular complexity index is 567. The van der Waals surface area contributed by atoms with Crippen molar-refractivity contribution >= 4 is 11.6 Å². The van der Waals surface area contributed by atoms with Crippen molar-refractivity contribution in [1.82, 2.24) is 15.3 Å². The number of hydrogen-bond donors (Lipinski definition) is 3. The normalized spacial score (nSPS) is 10.2. The van der Waals surface area contributed by atoms with Crippen LogP contribution in [0.15, 0.2) is 29.1 Å². The quantitative estimate of drug-likeness (QED) is 0.544. The Morgan fingerprint density at radius 2 is 2.32 bits per heavy atom. The minimum atomic E-state index is -0.272. The number of aryl methyl sites for hydroxylation is 1. The largest absolute Gasteiger partial charge is 0.444 e. The van der Waals surface area contributed by atoms with E-state index in [9.17, 15) is 4.79 Å². The number of oxazole rings is 1. The minimum absolute atomic E-state index is 0.227. The van der Waals surface area contributed by atoms with Gasteiger partial charge in [0.1, 0.15) is 5.76 Å². The molecule has 0 atom stereocenters. The molecule has 1 amide bonds. The Labute approximate surface area is 110 Å². The summed E-state index contributed by atoms with van der Waals surface area (Å²) < 4.78 is 5.40. The second-order valence-electron chi connectivity index (χ2n) is 3.82. The zero-order chi connectivity index (χ0) is 13.7. The molecule has 0 spiro atoms. The number of carbonyl (C=O) groups excluding carboxylic acids is 1. The summed E-state index contributed by atoms with van der Waals surface area (Å²) in [6.07, 6.45) is 5.43. The third-order valence-electron chi connectivity index (χ3n) is 2.57. The minimum Gasteiger partial charge on any atom is -0.444 e. The van der Waals surface area contributed by atoms with Gasteiger partial charge in [-0.1, -0.05) is 6.92 Å². The number of nitrogens with two attached hydrogens (primary N) is 1. The van der Waals surface area contributed by atoms with Crippen LogP contribution < -0.4 is 16.6 Å². The predicted octanol–water partition coefficient (Wildman–Crippen LogP) is 0.848. The molecule has 0 unspecified atom stereocenters. The summed E-state index contributed by atoms with van der Waals surface area (Å²) in [6, 6.07) is 1.58. The van der Waals surface area contributed by atoms with E-state index >= 15 is 0 Å².